The Kier molecular flexibility index (Phi) is 6.47. The number of carbonyl (C=O) groups is 1. The minimum atomic E-state index is -0.688. The molecule has 0 bridgehead atoms. The van der Waals surface area contributed by atoms with Crippen LogP contribution in [0.5, 0.6) is 5.75 Å². The predicted octanol–water partition coefficient (Wildman–Crippen LogP) is 4.93. The molecule has 0 radical (unpaired) electrons. The van der Waals surface area contributed by atoms with Crippen LogP contribution in [0.4, 0.5) is 10.5 Å². The molecule has 0 amide bonds. The molecule has 0 fully saturated rings. The summed E-state index contributed by atoms with van der Waals surface area (Å²) >= 11 is 0. The number of anilines is 1. The van der Waals surface area contributed by atoms with E-state index < -0.39 is 6.16 Å². The van der Waals surface area contributed by atoms with Crippen LogP contribution in [0.3, 0.4) is 0 Å². The molecule has 0 aliphatic heterocycles. The first-order chi connectivity index (χ1) is 13.2. The second kappa shape index (κ2) is 9.43. The number of hydrogen-bond acceptors (Lipinski definition) is 4. The number of para-hydroxylation sites is 1. The zero-order chi connectivity index (χ0) is 18.9. The Morgan fingerprint density at radius 2 is 1.41 bits per heavy atom. The quantitative estimate of drug-likeness (QED) is 0.442. The Labute approximate surface area is 160 Å². The molecule has 0 unspecified atom stereocenters. The lowest BCUT2D eigenvalue weighted by Gasteiger charge is -2.18. The van der Waals surface area contributed by atoms with Crippen molar-refractivity contribution in [3.63, 3.8) is 0 Å². The van der Waals surface area contributed by atoms with Gasteiger partial charge in [0.15, 0.2) is 0 Å². The van der Waals surface area contributed by atoms with Gasteiger partial charge in [0.2, 0.25) is 0 Å². The van der Waals surface area contributed by atoms with Crippen molar-refractivity contribution in [2.24, 2.45) is 0 Å². The summed E-state index contributed by atoms with van der Waals surface area (Å²) in [6.45, 7) is 0.853. The van der Waals surface area contributed by atoms with Gasteiger partial charge in [-0.3, -0.25) is 0 Å². The van der Waals surface area contributed by atoms with Crippen LogP contribution in [-0.2, 0) is 11.2 Å². The maximum atomic E-state index is 11.8. The van der Waals surface area contributed by atoms with Gasteiger partial charge in [-0.2, -0.15) is 0 Å². The van der Waals surface area contributed by atoms with Crippen molar-refractivity contribution in [1.82, 2.24) is 0 Å². The van der Waals surface area contributed by atoms with E-state index in [1.165, 1.54) is 5.56 Å². The molecule has 4 nitrogen and oxygen atoms in total. The highest BCUT2D eigenvalue weighted by molar-refractivity contribution is 5.63. The Bertz CT molecular complexity index is 833. The van der Waals surface area contributed by atoms with Gasteiger partial charge in [0.05, 0.1) is 6.54 Å². The van der Waals surface area contributed by atoms with Crippen molar-refractivity contribution in [3.05, 3.63) is 96.1 Å². The Morgan fingerprint density at radius 3 is 2.07 bits per heavy atom. The average Bonchev–Trinajstić information content (AvgIpc) is 2.71. The van der Waals surface area contributed by atoms with E-state index in [2.05, 4.69) is 12.1 Å². The van der Waals surface area contributed by atoms with Crippen molar-refractivity contribution in [1.29, 1.82) is 0 Å². The number of benzene rings is 3. The number of ether oxygens (including phenoxy) is 2. The Morgan fingerprint density at radius 1 is 0.815 bits per heavy atom. The van der Waals surface area contributed by atoms with Gasteiger partial charge in [0.1, 0.15) is 12.4 Å². The van der Waals surface area contributed by atoms with Crippen molar-refractivity contribution >= 4 is 11.8 Å². The third-order valence-corrected chi connectivity index (χ3v) is 4.22. The molecule has 0 heterocycles. The molecule has 4 heteroatoms. The molecule has 3 aromatic rings. The van der Waals surface area contributed by atoms with Crippen LogP contribution in [-0.4, -0.2) is 26.4 Å². The number of likely N-dealkylation sites (N-methyl/N-ethyl adjacent to an activating group) is 1. The van der Waals surface area contributed by atoms with E-state index in [0.717, 1.165) is 17.7 Å². The predicted molar refractivity (Wildman–Crippen MR) is 107 cm³/mol. The standard InChI is InChI=1S/C23H23NO3/c1-24(21-10-6-3-7-11-21)16-17-26-23(25)27-22-14-12-20(13-15-22)18-19-8-4-2-5-9-19/h2-15H,16-18H2,1H3. The molecule has 0 saturated carbocycles. The summed E-state index contributed by atoms with van der Waals surface area (Å²) in [6.07, 6.45) is 0.157. The first-order valence-corrected chi connectivity index (χ1v) is 8.94. The molecule has 3 rings (SSSR count). The van der Waals surface area contributed by atoms with E-state index in [-0.39, 0.29) is 6.61 Å². The summed E-state index contributed by atoms with van der Waals surface area (Å²) in [4.78, 5) is 13.9. The number of nitrogens with zero attached hydrogens (tertiary/aromatic N) is 1. The summed E-state index contributed by atoms with van der Waals surface area (Å²) in [5.41, 5.74) is 3.47. The summed E-state index contributed by atoms with van der Waals surface area (Å²) in [7, 11) is 1.95. The molecule has 27 heavy (non-hydrogen) atoms. The molecular formula is C23H23NO3. The highest BCUT2D eigenvalue weighted by atomic mass is 16.7. The monoisotopic (exact) mass is 361 g/mol. The van der Waals surface area contributed by atoms with E-state index in [1.807, 2.05) is 72.6 Å². The summed E-state index contributed by atoms with van der Waals surface area (Å²) in [6, 6.07) is 27.7. The maximum absolute atomic E-state index is 11.8. The average molecular weight is 361 g/mol. The molecule has 0 N–H and O–H groups in total. The summed E-state index contributed by atoms with van der Waals surface area (Å²) in [5, 5.41) is 0. The first kappa shape index (κ1) is 18.5. The smallest absolute Gasteiger partial charge is 0.432 e. The van der Waals surface area contributed by atoms with E-state index in [0.29, 0.717) is 12.3 Å². The molecular weight excluding hydrogens is 338 g/mol. The van der Waals surface area contributed by atoms with Gasteiger partial charge >= 0.3 is 6.16 Å². The summed E-state index contributed by atoms with van der Waals surface area (Å²) in [5.74, 6) is 0.480. The van der Waals surface area contributed by atoms with E-state index in [1.54, 1.807) is 12.1 Å². The molecule has 138 valence electrons. The highest BCUT2D eigenvalue weighted by Gasteiger charge is 2.07. The third kappa shape index (κ3) is 5.89. The fraction of sp³-hybridized carbons (Fsp3) is 0.174. The molecule has 0 aliphatic rings. The van der Waals surface area contributed by atoms with Crippen molar-refractivity contribution in [2.75, 3.05) is 25.1 Å². The van der Waals surface area contributed by atoms with Gasteiger partial charge in [-0.05, 0) is 41.8 Å². The van der Waals surface area contributed by atoms with Crippen LogP contribution in [0.1, 0.15) is 11.1 Å². The number of rotatable bonds is 7. The summed E-state index contributed by atoms with van der Waals surface area (Å²) < 4.78 is 10.4. The SMILES string of the molecule is CN(CCOC(=O)Oc1ccc(Cc2ccccc2)cc1)c1ccccc1. The van der Waals surface area contributed by atoms with Crippen LogP contribution in [0, 0.1) is 0 Å². The molecule has 3 aromatic carbocycles. The Balaban J connectivity index is 1.42. The fourth-order valence-electron chi connectivity index (χ4n) is 2.71. The lowest BCUT2D eigenvalue weighted by atomic mass is 10.1. The number of carbonyl (C=O) groups excluding carboxylic acids is 1. The van der Waals surface area contributed by atoms with Crippen LogP contribution in [0.25, 0.3) is 0 Å². The van der Waals surface area contributed by atoms with Gasteiger partial charge in [-0.1, -0.05) is 60.7 Å². The fourth-order valence-corrected chi connectivity index (χ4v) is 2.71. The van der Waals surface area contributed by atoms with Gasteiger partial charge in [-0.15, -0.1) is 0 Å². The normalized spacial score (nSPS) is 10.3. The zero-order valence-corrected chi connectivity index (χ0v) is 15.4. The van der Waals surface area contributed by atoms with Crippen molar-refractivity contribution in [2.45, 2.75) is 6.42 Å². The van der Waals surface area contributed by atoms with Gasteiger partial charge in [0, 0.05) is 12.7 Å². The minimum absolute atomic E-state index is 0.260. The first-order valence-electron chi connectivity index (χ1n) is 8.94. The number of hydrogen-bond donors (Lipinski definition) is 0. The van der Waals surface area contributed by atoms with Gasteiger partial charge < -0.3 is 14.4 Å². The molecule has 0 aromatic heterocycles. The second-order valence-corrected chi connectivity index (χ2v) is 6.26. The molecule has 0 saturated heterocycles. The van der Waals surface area contributed by atoms with Crippen LogP contribution < -0.4 is 9.64 Å². The van der Waals surface area contributed by atoms with Crippen molar-refractivity contribution in [3.8, 4) is 5.75 Å². The highest BCUT2D eigenvalue weighted by Crippen LogP contribution is 2.16. The lowest BCUT2D eigenvalue weighted by Crippen LogP contribution is -2.24. The van der Waals surface area contributed by atoms with Crippen LogP contribution in [0.15, 0.2) is 84.9 Å². The van der Waals surface area contributed by atoms with Gasteiger partial charge in [0.25, 0.3) is 0 Å². The van der Waals surface area contributed by atoms with Crippen LogP contribution >= 0.6 is 0 Å². The van der Waals surface area contributed by atoms with E-state index in [4.69, 9.17) is 9.47 Å². The van der Waals surface area contributed by atoms with E-state index in [9.17, 15) is 4.79 Å². The Hall–Kier alpha value is -3.27. The minimum Gasteiger partial charge on any atom is -0.432 e. The third-order valence-electron chi connectivity index (χ3n) is 4.22. The molecule has 0 spiro atoms. The van der Waals surface area contributed by atoms with E-state index >= 15 is 0 Å². The van der Waals surface area contributed by atoms with Crippen molar-refractivity contribution < 1.29 is 14.3 Å². The topological polar surface area (TPSA) is 38.8 Å². The zero-order valence-electron chi connectivity index (χ0n) is 15.4. The van der Waals surface area contributed by atoms with Crippen LogP contribution in [0.2, 0.25) is 0 Å². The lowest BCUT2D eigenvalue weighted by molar-refractivity contribution is 0.102. The maximum Gasteiger partial charge on any atom is 0.513 e. The molecule has 0 aliphatic carbocycles. The molecule has 0 atom stereocenters. The van der Waals surface area contributed by atoms with Gasteiger partial charge in [-0.25, -0.2) is 4.79 Å². The largest absolute Gasteiger partial charge is 0.513 e. The second-order valence-electron chi connectivity index (χ2n) is 6.26.